The molecule has 2 aliphatic carbocycles. The number of aromatic hydroxyl groups is 1. The van der Waals surface area contributed by atoms with Gasteiger partial charge < -0.3 is 9.84 Å². The zero-order valence-electron chi connectivity index (χ0n) is 25.1. The van der Waals surface area contributed by atoms with E-state index in [1.807, 2.05) is 46.9 Å². The van der Waals surface area contributed by atoms with Gasteiger partial charge in [0.05, 0.1) is 45.7 Å². The molecule has 2 aliphatic heterocycles. The maximum absolute atomic E-state index is 14.3. The number of allylic oxidation sites excluding steroid dienone is 2. The van der Waals surface area contributed by atoms with Crippen LogP contribution in [-0.4, -0.2) is 35.8 Å². The second kappa shape index (κ2) is 11.4. The standard InChI is InChI=1S/C37H31IN2O6/c1-4-19-6-10-22(11-7-19)39-34(42)25-15-14-24-26(31(25)36(39)44)18-27-32(30(24)21-16-28(38)33(41)29(17-21)46-3)37(45)40(35(27)43)23-12-8-20(5-2)9-13-23/h4-14,16-17,25-27,30-32,41H,1-2,15,18H2,3H3. The van der Waals surface area contributed by atoms with Crippen LogP contribution < -0.4 is 14.5 Å². The molecule has 1 saturated carbocycles. The van der Waals surface area contributed by atoms with E-state index in [1.165, 1.54) is 16.9 Å². The van der Waals surface area contributed by atoms with Crippen LogP contribution >= 0.6 is 22.6 Å². The number of hydrogen-bond donors (Lipinski definition) is 1. The molecule has 3 fully saturated rings. The summed E-state index contributed by atoms with van der Waals surface area (Å²) in [6.07, 6.45) is 6.01. The molecule has 6 unspecified atom stereocenters. The molecule has 6 atom stereocenters. The average Bonchev–Trinajstić information content (AvgIpc) is 3.48. The summed E-state index contributed by atoms with van der Waals surface area (Å²) in [6, 6.07) is 17.7. The van der Waals surface area contributed by atoms with Crippen molar-refractivity contribution in [2.45, 2.75) is 18.8 Å². The van der Waals surface area contributed by atoms with E-state index in [9.17, 15) is 24.3 Å². The van der Waals surface area contributed by atoms with Crippen LogP contribution in [0.25, 0.3) is 12.2 Å². The normalized spacial score (nSPS) is 26.8. The molecule has 7 rings (SSSR count). The van der Waals surface area contributed by atoms with Crippen molar-refractivity contribution in [3.63, 3.8) is 0 Å². The first-order valence-corrected chi connectivity index (χ1v) is 16.2. The minimum absolute atomic E-state index is 0.0131. The first kappa shape index (κ1) is 30.2. The molecule has 3 aromatic carbocycles. The summed E-state index contributed by atoms with van der Waals surface area (Å²) in [7, 11) is 1.46. The number of methoxy groups -OCH3 is 1. The Morgan fingerprint density at radius 3 is 1.87 bits per heavy atom. The Kier molecular flexibility index (Phi) is 7.46. The predicted molar refractivity (Wildman–Crippen MR) is 183 cm³/mol. The van der Waals surface area contributed by atoms with Crippen molar-refractivity contribution in [3.8, 4) is 11.5 Å². The van der Waals surface area contributed by atoms with Gasteiger partial charge in [0.25, 0.3) is 0 Å². The molecule has 0 aromatic heterocycles. The molecule has 0 spiro atoms. The smallest absolute Gasteiger partial charge is 0.238 e. The highest BCUT2D eigenvalue weighted by Gasteiger charge is 2.62. The minimum atomic E-state index is -0.731. The van der Waals surface area contributed by atoms with Crippen LogP contribution in [0.15, 0.2) is 85.5 Å². The molecule has 2 heterocycles. The number of carbonyl (C=O) groups excluding carboxylic acids is 4. The number of amides is 4. The van der Waals surface area contributed by atoms with Crippen LogP contribution in [0.5, 0.6) is 11.5 Å². The Hall–Kier alpha value is -4.51. The Morgan fingerprint density at radius 2 is 1.33 bits per heavy atom. The summed E-state index contributed by atoms with van der Waals surface area (Å²) >= 11 is 2.03. The molecule has 1 N–H and O–H groups in total. The molecule has 2 saturated heterocycles. The van der Waals surface area contributed by atoms with Gasteiger partial charge in [0, 0.05) is 5.92 Å². The van der Waals surface area contributed by atoms with Gasteiger partial charge >= 0.3 is 0 Å². The van der Waals surface area contributed by atoms with E-state index in [1.54, 1.807) is 54.6 Å². The predicted octanol–water partition coefficient (Wildman–Crippen LogP) is 6.34. The summed E-state index contributed by atoms with van der Waals surface area (Å²) in [4.78, 5) is 59.1. The van der Waals surface area contributed by atoms with Crippen molar-refractivity contribution in [2.24, 2.45) is 29.6 Å². The molecule has 3 aromatic rings. The molecule has 0 radical (unpaired) electrons. The van der Waals surface area contributed by atoms with Crippen molar-refractivity contribution in [1.29, 1.82) is 0 Å². The van der Waals surface area contributed by atoms with E-state index in [0.717, 1.165) is 16.7 Å². The Balaban J connectivity index is 1.34. The fourth-order valence-electron chi connectivity index (χ4n) is 7.92. The second-order valence-corrected chi connectivity index (χ2v) is 13.4. The highest BCUT2D eigenvalue weighted by Crippen LogP contribution is 2.59. The number of hydrogen-bond acceptors (Lipinski definition) is 6. The van der Waals surface area contributed by atoms with E-state index >= 15 is 0 Å². The molecular weight excluding hydrogens is 695 g/mol. The van der Waals surface area contributed by atoms with Gasteiger partial charge in [0.1, 0.15) is 0 Å². The van der Waals surface area contributed by atoms with Gasteiger partial charge in [-0.15, -0.1) is 0 Å². The fraction of sp³-hybridized carbons (Fsp3) is 0.243. The third kappa shape index (κ3) is 4.46. The van der Waals surface area contributed by atoms with Gasteiger partial charge in [-0.1, -0.05) is 61.2 Å². The highest BCUT2D eigenvalue weighted by atomic mass is 127. The number of rotatable bonds is 6. The van der Waals surface area contributed by atoms with Gasteiger partial charge in [-0.25, -0.2) is 0 Å². The number of phenols is 1. The SMILES string of the molecule is C=Cc1ccc(N2C(=O)C3CC=C4C(CC5C(=O)N(c6ccc(C=C)cc6)C(=O)C5C4c4cc(I)c(O)c(OC)c4)C3C2=O)cc1. The number of halogens is 1. The van der Waals surface area contributed by atoms with E-state index in [4.69, 9.17) is 4.74 Å². The lowest BCUT2D eigenvalue weighted by Gasteiger charge is -2.44. The molecular formula is C37H31IN2O6. The van der Waals surface area contributed by atoms with E-state index in [0.29, 0.717) is 26.9 Å². The molecule has 232 valence electrons. The number of carbonyl (C=O) groups is 4. The van der Waals surface area contributed by atoms with E-state index < -0.39 is 35.5 Å². The average molecular weight is 727 g/mol. The largest absolute Gasteiger partial charge is 0.504 e. The van der Waals surface area contributed by atoms with Crippen LogP contribution in [-0.2, 0) is 19.2 Å². The van der Waals surface area contributed by atoms with Crippen LogP contribution in [0.3, 0.4) is 0 Å². The lowest BCUT2D eigenvalue weighted by molar-refractivity contribution is -0.126. The Labute approximate surface area is 280 Å². The molecule has 4 aliphatic rings. The van der Waals surface area contributed by atoms with Crippen LogP contribution in [0.1, 0.15) is 35.4 Å². The fourth-order valence-corrected chi connectivity index (χ4v) is 8.55. The zero-order valence-corrected chi connectivity index (χ0v) is 27.2. The number of ether oxygens (including phenoxy) is 1. The number of benzene rings is 3. The Bertz CT molecular complexity index is 1860. The lowest BCUT2D eigenvalue weighted by Crippen LogP contribution is -2.43. The van der Waals surface area contributed by atoms with Crippen molar-refractivity contribution in [3.05, 3.63) is 106 Å². The van der Waals surface area contributed by atoms with Crippen LogP contribution in [0.2, 0.25) is 0 Å². The minimum Gasteiger partial charge on any atom is -0.504 e. The van der Waals surface area contributed by atoms with Crippen molar-refractivity contribution < 1.29 is 29.0 Å². The van der Waals surface area contributed by atoms with Crippen molar-refractivity contribution >= 4 is 69.7 Å². The first-order valence-electron chi connectivity index (χ1n) is 15.2. The number of nitrogens with zero attached hydrogens (tertiary/aromatic N) is 2. The molecule has 46 heavy (non-hydrogen) atoms. The first-order chi connectivity index (χ1) is 22.2. The third-order valence-corrected chi connectivity index (χ3v) is 10.9. The quantitative estimate of drug-likeness (QED) is 0.181. The molecule has 0 bridgehead atoms. The summed E-state index contributed by atoms with van der Waals surface area (Å²) in [5.74, 6) is -4.61. The van der Waals surface area contributed by atoms with Gasteiger partial charge in [0.2, 0.25) is 23.6 Å². The number of phenolic OH excluding ortho intramolecular Hbond substituents is 1. The van der Waals surface area contributed by atoms with Gasteiger partial charge in [-0.3, -0.25) is 29.0 Å². The number of anilines is 2. The van der Waals surface area contributed by atoms with Crippen molar-refractivity contribution in [1.82, 2.24) is 0 Å². The third-order valence-electron chi connectivity index (χ3n) is 10.1. The zero-order chi connectivity index (χ0) is 32.4. The van der Waals surface area contributed by atoms with E-state index in [-0.39, 0.29) is 41.5 Å². The summed E-state index contributed by atoms with van der Waals surface area (Å²) in [5, 5.41) is 10.6. The Morgan fingerprint density at radius 1 is 0.783 bits per heavy atom. The molecule has 8 nitrogen and oxygen atoms in total. The van der Waals surface area contributed by atoms with Crippen molar-refractivity contribution in [2.75, 3.05) is 16.9 Å². The summed E-state index contributed by atoms with van der Waals surface area (Å²) < 4.78 is 6.03. The second-order valence-electron chi connectivity index (χ2n) is 12.2. The molecule has 4 amide bonds. The van der Waals surface area contributed by atoms with Crippen LogP contribution in [0.4, 0.5) is 11.4 Å². The topological polar surface area (TPSA) is 104 Å². The summed E-state index contributed by atoms with van der Waals surface area (Å²) in [6.45, 7) is 7.57. The highest BCUT2D eigenvalue weighted by molar-refractivity contribution is 14.1. The van der Waals surface area contributed by atoms with Gasteiger partial charge in [0.15, 0.2) is 11.5 Å². The monoisotopic (exact) mass is 726 g/mol. The molecule has 9 heteroatoms. The lowest BCUT2D eigenvalue weighted by atomic mass is 9.57. The van der Waals surface area contributed by atoms with Gasteiger partial charge in [-0.2, -0.15) is 0 Å². The maximum atomic E-state index is 14.3. The van der Waals surface area contributed by atoms with Crippen LogP contribution in [0, 0.1) is 33.2 Å². The maximum Gasteiger partial charge on any atom is 0.238 e. The number of fused-ring (bicyclic) bond motifs is 4. The number of imide groups is 2. The van der Waals surface area contributed by atoms with E-state index in [2.05, 4.69) is 13.2 Å². The summed E-state index contributed by atoms with van der Waals surface area (Å²) in [5.41, 5.74) is 4.29. The van der Waals surface area contributed by atoms with Gasteiger partial charge in [-0.05, 0) is 94.4 Å².